The number of fused-ring (bicyclic) bond motifs is 4. The van der Waals surface area contributed by atoms with Crippen molar-refractivity contribution in [1.82, 2.24) is 0 Å². The topological polar surface area (TPSA) is 57.2 Å². The Morgan fingerprint density at radius 3 is 1.27 bits per heavy atom. The van der Waals surface area contributed by atoms with E-state index in [1.807, 2.05) is 0 Å². The molecule has 5 saturated carbocycles. The van der Waals surface area contributed by atoms with Crippen LogP contribution in [-0.4, -0.2) is 47.2 Å². The zero-order valence-corrected chi connectivity index (χ0v) is 18.3. The van der Waals surface area contributed by atoms with Gasteiger partial charge in [0.2, 0.25) is 0 Å². The predicted molar refractivity (Wildman–Crippen MR) is 109 cm³/mol. The monoisotopic (exact) mass is 418 g/mol. The van der Waals surface area contributed by atoms with Gasteiger partial charge in [-0.25, -0.2) is 0 Å². The molecule has 30 heavy (non-hydrogen) atoms. The molecule has 0 aromatic rings. The Hall–Kier alpha value is -0.200. The van der Waals surface area contributed by atoms with Crippen molar-refractivity contribution in [2.45, 2.75) is 126 Å². The first-order chi connectivity index (χ1) is 14.5. The van der Waals surface area contributed by atoms with Gasteiger partial charge in [0.1, 0.15) is 18.3 Å². The first-order valence-corrected chi connectivity index (χ1v) is 12.9. The minimum Gasteiger partial charge on any atom is -0.387 e. The van der Waals surface area contributed by atoms with Crippen molar-refractivity contribution >= 4 is 0 Å². The van der Waals surface area contributed by atoms with Gasteiger partial charge in [0.25, 0.3) is 0 Å². The van der Waals surface area contributed by atoms with Crippen LogP contribution in [0.5, 0.6) is 0 Å². The van der Waals surface area contributed by atoms with E-state index >= 15 is 0 Å². The Kier molecular flexibility index (Phi) is 4.28. The molecule has 1 N–H and O–H groups in total. The molecule has 5 aliphatic carbocycles. The van der Waals surface area contributed by atoms with E-state index in [4.69, 9.17) is 18.9 Å². The molecule has 168 valence electrons. The first kappa shape index (κ1) is 19.3. The van der Waals surface area contributed by atoms with Crippen LogP contribution >= 0.6 is 0 Å². The molecule has 7 aliphatic rings. The SMILES string of the molecule is C[C@@H]1[C@H]2OC3(CC4CCCCC4C3)O[C@H]2[C@@H](O)[C@@H]2OC3(CC4CCCCC4C3)O[C@@H]12. The molecular formula is C25H38O5. The third-order valence-corrected chi connectivity index (χ3v) is 10.2. The minimum atomic E-state index is -0.653. The zero-order valence-electron chi connectivity index (χ0n) is 18.3. The van der Waals surface area contributed by atoms with Gasteiger partial charge >= 0.3 is 0 Å². The van der Waals surface area contributed by atoms with Crippen molar-refractivity contribution in [3.8, 4) is 0 Å². The van der Waals surface area contributed by atoms with E-state index in [2.05, 4.69) is 6.92 Å². The van der Waals surface area contributed by atoms with Crippen LogP contribution in [-0.2, 0) is 18.9 Å². The van der Waals surface area contributed by atoms with E-state index in [1.54, 1.807) is 0 Å². The summed E-state index contributed by atoms with van der Waals surface area (Å²) in [4.78, 5) is 0. The van der Waals surface area contributed by atoms with Crippen molar-refractivity contribution in [3.63, 3.8) is 0 Å². The highest BCUT2D eigenvalue weighted by Gasteiger charge is 2.67. The number of hydrogen-bond donors (Lipinski definition) is 1. The van der Waals surface area contributed by atoms with Crippen LogP contribution in [0.3, 0.4) is 0 Å². The van der Waals surface area contributed by atoms with Crippen LogP contribution in [0.1, 0.15) is 84.0 Å². The van der Waals surface area contributed by atoms with E-state index in [-0.39, 0.29) is 30.3 Å². The number of aliphatic hydroxyl groups excluding tert-OH is 1. The van der Waals surface area contributed by atoms with Crippen LogP contribution in [0, 0.1) is 29.6 Å². The Morgan fingerprint density at radius 2 is 0.900 bits per heavy atom. The van der Waals surface area contributed by atoms with Gasteiger partial charge in [-0.2, -0.15) is 0 Å². The zero-order chi connectivity index (χ0) is 20.1. The molecule has 7 fully saturated rings. The molecule has 7 rings (SSSR count). The molecule has 4 unspecified atom stereocenters. The summed E-state index contributed by atoms with van der Waals surface area (Å²) in [5.74, 6) is 2.21. The average molecular weight is 419 g/mol. The molecule has 10 atom stereocenters. The predicted octanol–water partition coefficient (Wildman–Crippen LogP) is 4.16. The number of ether oxygens (including phenoxy) is 4. The lowest BCUT2D eigenvalue weighted by atomic mass is 9.80. The van der Waals surface area contributed by atoms with Crippen LogP contribution in [0.15, 0.2) is 0 Å². The largest absolute Gasteiger partial charge is 0.387 e. The summed E-state index contributed by atoms with van der Waals surface area (Å²) in [5, 5.41) is 11.4. The van der Waals surface area contributed by atoms with Crippen molar-refractivity contribution in [3.05, 3.63) is 0 Å². The first-order valence-electron chi connectivity index (χ1n) is 12.9. The van der Waals surface area contributed by atoms with Crippen LogP contribution < -0.4 is 0 Å². The van der Waals surface area contributed by atoms with Crippen LogP contribution in [0.4, 0.5) is 0 Å². The Bertz CT molecular complexity index is 581. The number of aliphatic hydroxyl groups is 1. The highest BCUT2D eigenvalue weighted by atomic mass is 16.8. The summed E-state index contributed by atoms with van der Waals surface area (Å²) < 4.78 is 26.7. The Morgan fingerprint density at radius 1 is 0.567 bits per heavy atom. The summed E-state index contributed by atoms with van der Waals surface area (Å²) in [6, 6.07) is 0. The summed E-state index contributed by atoms with van der Waals surface area (Å²) in [5.41, 5.74) is 0. The molecule has 2 saturated heterocycles. The molecule has 0 aromatic carbocycles. The summed E-state index contributed by atoms with van der Waals surface area (Å²) >= 11 is 0. The molecule has 2 aliphatic heterocycles. The van der Waals surface area contributed by atoms with Crippen molar-refractivity contribution < 1.29 is 24.1 Å². The summed E-state index contributed by atoms with van der Waals surface area (Å²) in [6.45, 7) is 2.23. The van der Waals surface area contributed by atoms with Gasteiger partial charge in [0.15, 0.2) is 11.6 Å². The maximum Gasteiger partial charge on any atom is 0.169 e. The second-order valence-corrected chi connectivity index (χ2v) is 11.9. The third kappa shape index (κ3) is 2.71. The molecule has 0 amide bonds. The van der Waals surface area contributed by atoms with Gasteiger partial charge in [0.05, 0.1) is 12.2 Å². The lowest BCUT2D eigenvalue weighted by Crippen LogP contribution is -2.57. The molecule has 2 heterocycles. The maximum atomic E-state index is 11.4. The van der Waals surface area contributed by atoms with Crippen LogP contribution in [0.2, 0.25) is 0 Å². The van der Waals surface area contributed by atoms with Gasteiger partial charge < -0.3 is 24.1 Å². The molecular weight excluding hydrogens is 380 g/mol. The smallest absolute Gasteiger partial charge is 0.169 e. The fraction of sp³-hybridized carbons (Fsp3) is 1.00. The highest BCUT2D eigenvalue weighted by Crippen LogP contribution is 2.58. The molecule has 5 nitrogen and oxygen atoms in total. The van der Waals surface area contributed by atoms with E-state index in [1.165, 1.54) is 51.4 Å². The van der Waals surface area contributed by atoms with Crippen molar-refractivity contribution in [2.75, 3.05) is 0 Å². The molecule has 0 radical (unpaired) electrons. The number of rotatable bonds is 0. The standard InChI is InChI=1S/C25H38O5/c1-14-20-22(29-24(27-20)10-15-6-2-3-7-16(15)11-24)19(26)23-21(14)28-25(30-23)12-17-8-4-5-9-18(17)13-25/h14-23,26H,2-13H2,1H3/t14-,15?,16?,17?,18?,19-,20-,21+,22-,23-,24?,25?/m0/s1. The number of hydrogen-bond acceptors (Lipinski definition) is 5. The summed E-state index contributed by atoms with van der Waals surface area (Å²) in [6.07, 6.45) is 13.3. The molecule has 0 aromatic heterocycles. The van der Waals surface area contributed by atoms with Gasteiger partial charge in [0, 0.05) is 31.6 Å². The second-order valence-electron chi connectivity index (χ2n) is 11.9. The fourth-order valence-corrected chi connectivity index (χ4v) is 8.82. The third-order valence-electron chi connectivity index (χ3n) is 10.2. The average Bonchev–Trinajstić information content (AvgIpc) is 3.48. The quantitative estimate of drug-likeness (QED) is 0.640. The molecule has 5 heteroatoms. The van der Waals surface area contributed by atoms with E-state index in [0.29, 0.717) is 0 Å². The molecule has 0 bridgehead atoms. The van der Waals surface area contributed by atoms with E-state index in [9.17, 15) is 5.11 Å². The fourth-order valence-electron chi connectivity index (χ4n) is 8.82. The van der Waals surface area contributed by atoms with Crippen LogP contribution in [0.25, 0.3) is 0 Å². The molecule has 2 spiro atoms. The highest BCUT2D eigenvalue weighted by molar-refractivity contribution is 5.10. The Balaban J connectivity index is 1.11. The van der Waals surface area contributed by atoms with Gasteiger partial charge in [-0.15, -0.1) is 0 Å². The van der Waals surface area contributed by atoms with Gasteiger partial charge in [-0.1, -0.05) is 32.6 Å². The van der Waals surface area contributed by atoms with Crippen molar-refractivity contribution in [1.29, 1.82) is 0 Å². The lowest BCUT2D eigenvalue weighted by molar-refractivity contribution is -0.203. The Labute approximate surface area is 180 Å². The van der Waals surface area contributed by atoms with E-state index < -0.39 is 17.7 Å². The maximum absolute atomic E-state index is 11.4. The minimum absolute atomic E-state index is 0.0798. The second kappa shape index (κ2) is 6.66. The van der Waals surface area contributed by atoms with Gasteiger partial charge in [-0.05, 0) is 49.4 Å². The van der Waals surface area contributed by atoms with Gasteiger partial charge in [-0.3, -0.25) is 0 Å². The van der Waals surface area contributed by atoms with Crippen molar-refractivity contribution in [2.24, 2.45) is 29.6 Å². The summed E-state index contributed by atoms with van der Waals surface area (Å²) in [7, 11) is 0. The normalized spacial score (nSPS) is 61.8. The van der Waals surface area contributed by atoms with E-state index in [0.717, 1.165) is 49.4 Å². The lowest BCUT2D eigenvalue weighted by Gasteiger charge is -2.39.